The zero-order valence-corrected chi connectivity index (χ0v) is 11.0. The van der Waals surface area contributed by atoms with Crippen LogP contribution in [0.3, 0.4) is 0 Å². The second kappa shape index (κ2) is 3.83. The second-order valence-corrected chi connectivity index (χ2v) is 6.04. The van der Waals surface area contributed by atoms with E-state index in [9.17, 15) is 0 Å². The summed E-state index contributed by atoms with van der Waals surface area (Å²) in [6.07, 6.45) is 0. The monoisotopic (exact) mass is 281 g/mol. The quantitative estimate of drug-likeness (QED) is 0.827. The van der Waals surface area contributed by atoms with Crippen molar-refractivity contribution in [3.8, 4) is 0 Å². The van der Waals surface area contributed by atoms with Gasteiger partial charge in [-0.1, -0.05) is 28.1 Å². The van der Waals surface area contributed by atoms with Crippen LogP contribution in [-0.4, -0.2) is 31.2 Å². The fraction of sp³-hybridized carbons (Fsp3) is 0.538. The van der Waals surface area contributed by atoms with E-state index in [1.807, 2.05) is 0 Å². The van der Waals surface area contributed by atoms with Crippen LogP contribution in [0, 0.1) is 5.41 Å². The summed E-state index contributed by atoms with van der Waals surface area (Å²) in [6.45, 7) is 6.62. The summed E-state index contributed by atoms with van der Waals surface area (Å²) in [5.41, 5.74) is 1.92. The molecule has 0 aliphatic carbocycles. The fourth-order valence-corrected chi connectivity index (χ4v) is 2.88. The third kappa shape index (κ3) is 1.71. The molecule has 2 aliphatic heterocycles. The first-order valence-electron chi connectivity index (χ1n) is 5.76. The maximum Gasteiger partial charge on any atom is 0.0569 e. The number of hydrogen-bond donors (Lipinski definition) is 0. The van der Waals surface area contributed by atoms with Crippen molar-refractivity contribution in [3.05, 3.63) is 34.3 Å². The lowest BCUT2D eigenvalue weighted by Crippen LogP contribution is -2.66. The molecule has 0 amide bonds. The van der Waals surface area contributed by atoms with Gasteiger partial charge in [0.1, 0.15) is 0 Å². The summed E-state index contributed by atoms with van der Waals surface area (Å²) < 4.78 is 6.45. The first kappa shape index (κ1) is 10.8. The molecule has 2 nitrogen and oxygen atoms in total. The summed E-state index contributed by atoms with van der Waals surface area (Å²) in [6, 6.07) is 9.18. The molecule has 1 aromatic carbocycles. The van der Waals surface area contributed by atoms with Gasteiger partial charge < -0.3 is 4.74 Å². The van der Waals surface area contributed by atoms with Gasteiger partial charge in [-0.05, 0) is 24.6 Å². The van der Waals surface area contributed by atoms with E-state index in [4.69, 9.17) is 4.74 Å². The standard InChI is InChI=1S/C13H16BrNO/c1-10(11-2-4-12(14)5-3-11)15-6-13(7-15)8-16-9-13/h2-5,10H,6-9H2,1H3. The molecule has 2 fully saturated rings. The van der Waals surface area contributed by atoms with Crippen molar-refractivity contribution in [1.29, 1.82) is 0 Å². The summed E-state index contributed by atoms with van der Waals surface area (Å²) in [4.78, 5) is 2.53. The van der Waals surface area contributed by atoms with Crippen molar-refractivity contribution in [2.45, 2.75) is 13.0 Å². The molecule has 3 heteroatoms. The molecule has 1 atom stereocenters. The Labute approximate surface area is 105 Å². The molecule has 2 aliphatic rings. The van der Waals surface area contributed by atoms with E-state index in [0.717, 1.165) is 17.7 Å². The van der Waals surface area contributed by atoms with Gasteiger partial charge >= 0.3 is 0 Å². The van der Waals surface area contributed by atoms with Gasteiger partial charge in [-0.3, -0.25) is 4.90 Å². The van der Waals surface area contributed by atoms with Crippen LogP contribution >= 0.6 is 15.9 Å². The van der Waals surface area contributed by atoms with Crippen molar-refractivity contribution in [2.75, 3.05) is 26.3 Å². The highest BCUT2D eigenvalue weighted by atomic mass is 79.9. The Morgan fingerprint density at radius 3 is 2.38 bits per heavy atom. The number of ether oxygens (including phenoxy) is 1. The Kier molecular flexibility index (Phi) is 2.57. The second-order valence-electron chi connectivity index (χ2n) is 5.13. The molecule has 0 radical (unpaired) electrons. The molecule has 0 aromatic heterocycles. The molecular formula is C13H16BrNO. The van der Waals surface area contributed by atoms with Crippen LogP contribution in [0.4, 0.5) is 0 Å². The van der Waals surface area contributed by atoms with E-state index in [0.29, 0.717) is 11.5 Å². The summed E-state index contributed by atoms with van der Waals surface area (Å²) in [5.74, 6) is 0. The SMILES string of the molecule is CC(c1ccc(Br)cc1)N1CC2(COC2)C1. The normalized spacial score (nSPS) is 24.9. The maximum absolute atomic E-state index is 5.30. The van der Waals surface area contributed by atoms with Crippen molar-refractivity contribution >= 4 is 15.9 Å². The van der Waals surface area contributed by atoms with Crippen molar-refractivity contribution in [1.82, 2.24) is 4.90 Å². The van der Waals surface area contributed by atoms with Gasteiger partial charge in [-0.2, -0.15) is 0 Å². The van der Waals surface area contributed by atoms with Gasteiger partial charge in [0.15, 0.2) is 0 Å². The Morgan fingerprint density at radius 1 is 1.25 bits per heavy atom. The number of halogens is 1. The minimum absolute atomic E-state index is 0.517. The predicted molar refractivity (Wildman–Crippen MR) is 67.4 cm³/mol. The van der Waals surface area contributed by atoms with E-state index in [2.05, 4.69) is 52.0 Å². The minimum atomic E-state index is 0.517. The van der Waals surface area contributed by atoms with E-state index in [1.54, 1.807) is 0 Å². The predicted octanol–water partition coefficient (Wildman–Crippen LogP) is 2.84. The first-order chi connectivity index (χ1) is 7.69. The molecule has 16 heavy (non-hydrogen) atoms. The fourth-order valence-electron chi connectivity index (χ4n) is 2.61. The van der Waals surface area contributed by atoms with E-state index in [-0.39, 0.29) is 0 Å². The minimum Gasteiger partial charge on any atom is -0.380 e. The molecule has 0 bridgehead atoms. The van der Waals surface area contributed by atoms with E-state index in [1.165, 1.54) is 18.7 Å². The highest BCUT2D eigenvalue weighted by Gasteiger charge is 2.50. The highest BCUT2D eigenvalue weighted by Crippen LogP contribution is 2.41. The van der Waals surface area contributed by atoms with Crippen molar-refractivity contribution in [3.63, 3.8) is 0 Å². The number of hydrogen-bond acceptors (Lipinski definition) is 2. The maximum atomic E-state index is 5.30. The molecule has 2 heterocycles. The van der Waals surface area contributed by atoms with Gasteiger partial charge in [0.05, 0.1) is 13.2 Å². The number of nitrogens with zero attached hydrogens (tertiary/aromatic N) is 1. The molecular weight excluding hydrogens is 266 g/mol. The molecule has 3 rings (SSSR count). The highest BCUT2D eigenvalue weighted by molar-refractivity contribution is 9.10. The van der Waals surface area contributed by atoms with Gasteiger partial charge in [0.25, 0.3) is 0 Å². The molecule has 1 unspecified atom stereocenters. The van der Waals surface area contributed by atoms with Crippen LogP contribution in [0.15, 0.2) is 28.7 Å². The zero-order chi connectivity index (χ0) is 11.2. The van der Waals surface area contributed by atoms with Crippen LogP contribution in [-0.2, 0) is 4.74 Å². The number of likely N-dealkylation sites (tertiary alicyclic amines) is 1. The summed E-state index contributed by atoms with van der Waals surface area (Å²) in [5, 5.41) is 0. The Hall–Kier alpha value is -0.380. The molecule has 1 spiro atoms. The summed E-state index contributed by atoms with van der Waals surface area (Å²) in [7, 11) is 0. The third-order valence-corrected chi connectivity index (χ3v) is 4.32. The summed E-state index contributed by atoms with van der Waals surface area (Å²) >= 11 is 3.47. The van der Waals surface area contributed by atoms with Gasteiger partial charge in [-0.15, -0.1) is 0 Å². The molecule has 1 aromatic rings. The van der Waals surface area contributed by atoms with Gasteiger partial charge in [0, 0.05) is 29.0 Å². The lowest BCUT2D eigenvalue weighted by Gasteiger charge is -2.57. The van der Waals surface area contributed by atoms with E-state index >= 15 is 0 Å². The average Bonchev–Trinajstić information content (AvgIpc) is 2.14. The molecule has 0 N–H and O–H groups in total. The molecule has 2 saturated heterocycles. The topological polar surface area (TPSA) is 12.5 Å². The average molecular weight is 282 g/mol. The smallest absolute Gasteiger partial charge is 0.0569 e. The number of benzene rings is 1. The zero-order valence-electron chi connectivity index (χ0n) is 9.45. The van der Waals surface area contributed by atoms with E-state index < -0.39 is 0 Å². The Morgan fingerprint density at radius 2 is 1.88 bits per heavy atom. The lowest BCUT2D eigenvalue weighted by atomic mass is 9.77. The first-order valence-corrected chi connectivity index (χ1v) is 6.55. The van der Waals surface area contributed by atoms with Crippen LogP contribution < -0.4 is 0 Å². The van der Waals surface area contributed by atoms with Gasteiger partial charge in [-0.25, -0.2) is 0 Å². The third-order valence-electron chi connectivity index (χ3n) is 3.79. The molecule has 86 valence electrons. The lowest BCUT2D eigenvalue weighted by molar-refractivity contribution is -0.197. The Balaban J connectivity index is 1.65. The largest absolute Gasteiger partial charge is 0.380 e. The number of rotatable bonds is 2. The Bertz CT molecular complexity index is 377. The van der Waals surface area contributed by atoms with Crippen LogP contribution in [0.5, 0.6) is 0 Å². The van der Waals surface area contributed by atoms with Crippen molar-refractivity contribution < 1.29 is 4.74 Å². The van der Waals surface area contributed by atoms with Crippen LogP contribution in [0.25, 0.3) is 0 Å². The molecule has 0 saturated carbocycles. The van der Waals surface area contributed by atoms with Gasteiger partial charge in [0.2, 0.25) is 0 Å². The van der Waals surface area contributed by atoms with Crippen LogP contribution in [0.2, 0.25) is 0 Å². The van der Waals surface area contributed by atoms with Crippen molar-refractivity contribution in [2.24, 2.45) is 5.41 Å². The van der Waals surface area contributed by atoms with Crippen LogP contribution in [0.1, 0.15) is 18.5 Å².